The maximum atomic E-state index is 11.3. The first-order valence-electron chi connectivity index (χ1n) is 4.08. The molecule has 0 N–H and O–H groups in total. The predicted octanol–water partition coefficient (Wildman–Crippen LogP) is 1.52. The van der Waals surface area contributed by atoms with Crippen molar-refractivity contribution in [3.05, 3.63) is 29.3 Å². The highest BCUT2D eigenvalue weighted by molar-refractivity contribution is 7.84. The van der Waals surface area contributed by atoms with E-state index in [-0.39, 0.29) is 0 Å². The average molecular weight is 212 g/mol. The summed E-state index contributed by atoms with van der Waals surface area (Å²) in [5.74, 6) is -0.406. The molecule has 1 aromatic rings. The van der Waals surface area contributed by atoms with Crippen LogP contribution in [-0.4, -0.2) is 23.5 Å². The molecule has 0 amide bonds. The molecule has 0 aliphatic carbocycles. The van der Waals surface area contributed by atoms with Gasteiger partial charge in [0.05, 0.1) is 23.5 Å². The molecule has 0 fully saturated rings. The zero-order valence-corrected chi connectivity index (χ0v) is 9.18. The number of hydrogen-bond donors (Lipinski definition) is 0. The van der Waals surface area contributed by atoms with E-state index in [1.165, 1.54) is 7.11 Å². The number of hydrogen-bond acceptors (Lipinski definition) is 3. The van der Waals surface area contributed by atoms with Crippen molar-refractivity contribution in [3.8, 4) is 0 Å². The standard InChI is InChI=1S/C10H12O3S/c1-7-4-5-8(10(11)13-2)6-9(7)14(3)12/h4-6H,1-3H3. The smallest absolute Gasteiger partial charge is 0.337 e. The molecule has 0 spiro atoms. The summed E-state index contributed by atoms with van der Waals surface area (Å²) in [5, 5.41) is 0. The number of carbonyl (C=O) groups excluding carboxylic acids is 1. The Hall–Kier alpha value is -1.16. The van der Waals surface area contributed by atoms with Crippen LogP contribution in [0.1, 0.15) is 15.9 Å². The van der Waals surface area contributed by atoms with Crippen LogP contribution in [0.25, 0.3) is 0 Å². The van der Waals surface area contributed by atoms with Crippen LogP contribution in [0.15, 0.2) is 23.1 Å². The minimum absolute atomic E-state index is 0.406. The molecule has 0 radical (unpaired) electrons. The number of aryl methyl sites for hydroxylation is 1. The number of ether oxygens (including phenoxy) is 1. The van der Waals surface area contributed by atoms with Crippen LogP contribution < -0.4 is 0 Å². The van der Waals surface area contributed by atoms with E-state index in [1.54, 1.807) is 24.5 Å². The van der Waals surface area contributed by atoms with Gasteiger partial charge in [-0.1, -0.05) is 6.07 Å². The summed E-state index contributed by atoms with van der Waals surface area (Å²) in [7, 11) is 0.247. The molecule has 0 aliphatic rings. The van der Waals surface area contributed by atoms with Crippen molar-refractivity contribution in [3.63, 3.8) is 0 Å². The number of carbonyl (C=O) groups is 1. The Kier molecular flexibility index (Phi) is 3.41. The van der Waals surface area contributed by atoms with Gasteiger partial charge in [0.1, 0.15) is 0 Å². The third kappa shape index (κ3) is 2.20. The lowest BCUT2D eigenvalue weighted by Gasteiger charge is -2.04. The van der Waals surface area contributed by atoms with Crippen LogP contribution in [0.4, 0.5) is 0 Å². The van der Waals surface area contributed by atoms with Gasteiger partial charge in [-0.05, 0) is 24.6 Å². The van der Waals surface area contributed by atoms with Gasteiger partial charge in [0.15, 0.2) is 0 Å². The summed E-state index contributed by atoms with van der Waals surface area (Å²) in [6, 6.07) is 5.04. The van der Waals surface area contributed by atoms with Gasteiger partial charge in [0, 0.05) is 11.2 Å². The second-order valence-corrected chi connectivity index (χ2v) is 4.27. The number of benzene rings is 1. The third-order valence-electron chi connectivity index (χ3n) is 1.92. The molecule has 1 rings (SSSR count). The summed E-state index contributed by atoms with van der Waals surface area (Å²) < 4.78 is 15.9. The SMILES string of the molecule is COC(=O)c1ccc(C)c(S(C)=O)c1. The normalized spacial score (nSPS) is 12.2. The maximum absolute atomic E-state index is 11.3. The molecule has 1 unspecified atom stereocenters. The van der Waals surface area contributed by atoms with Gasteiger partial charge < -0.3 is 4.74 Å². The van der Waals surface area contributed by atoms with Crippen molar-refractivity contribution >= 4 is 16.8 Å². The fourth-order valence-electron chi connectivity index (χ4n) is 1.15. The van der Waals surface area contributed by atoms with Crippen molar-refractivity contribution in [2.24, 2.45) is 0 Å². The Balaban J connectivity index is 3.19. The molecule has 0 aromatic heterocycles. The second kappa shape index (κ2) is 4.37. The number of methoxy groups -OCH3 is 1. The van der Waals surface area contributed by atoms with Crippen molar-refractivity contribution in [1.82, 2.24) is 0 Å². The van der Waals surface area contributed by atoms with E-state index in [0.717, 1.165) is 5.56 Å². The summed E-state index contributed by atoms with van der Waals surface area (Å²) in [6.07, 6.45) is 1.59. The van der Waals surface area contributed by atoms with Crippen LogP contribution in [-0.2, 0) is 15.5 Å². The van der Waals surface area contributed by atoms with Crippen LogP contribution in [0.2, 0.25) is 0 Å². The highest BCUT2D eigenvalue weighted by atomic mass is 32.2. The predicted molar refractivity (Wildman–Crippen MR) is 54.9 cm³/mol. The van der Waals surface area contributed by atoms with Crippen molar-refractivity contribution in [2.45, 2.75) is 11.8 Å². The lowest BCUT2D eigenvalue weighted by atomic mass is 10.1. The Morgan fingerprint density at radius 3 is 2.57 bits per heavy atom. The third-order valence-corrected chi connectivity index (χ3v) is 2.98. The lowest BCUT2D eigenvalue weighted by Crippen LogP contribution is -2.03. The fraction of sp³-hybridized carbons (Fsp3) is 0.300. The van der Waals surface area contributed by atoms with E-state index in [1.807, 2.05) is 6.92 Å². The van der Waals surface area contributed by atoms with Gasteiger partial charge in [-0.3, -0.25) is 4.21 Å². The van der Waals surface area contributed by atoms with Gasteiger partial charge in [-0.25, -0.2) is 4.79 Å². The summed E-state index contributed by atoms with van der Waals surface area (Å²) >= 11 is 0. The molecule has 0 saturated carbocycles. The molecule has 0 heterocycles. The first-order chi connectivity index (χ1) is 6.56. The Labute approximate surface area is 85.5 Å². The Bertz CT molecular complexity index is 385. The van der Waals surface area contributed by atoms with E-state index in [2.05, 4.69) is 4.74 Å². The first-order valence-corrected chi connectivity index (χ1v) is 5.64. The van der Waals surface area contributed by atoms with Crippen LogP contribution >= 0.6 is 0 Å². The van der Waals surface area contributed by atoms with Crippen molar-refractivity contribution in [1.29, 1.82) is 0 Å². The highest BCUT2D eigenvalue weighted by Crippen LogP contribution is 2.14. The fourth-order valence-corrected chi connectivity index (χ4v) is 1.97. The molecule has 1 atom stereocenters. The molecular weight excluding hydrogens is 200 g/mol. The average Bonchev–Trinajstić information content (AvgIpc) is 2.17. The van der Waals surface area contributed by atoms with Gasteiger partial charge in [-0.2, -0.15) is 0 Å². The van der Waals surface area contributed by atoms with Crippen LogP contribution in [0, 0.1) is 6.92 Å². The Morgan fingerprint density at radius 2 is 2.07 bits per heavy atom. The molecule has 0 saturated heterocycles. The molecule has 76 valence electrons. The Morgan fingerprint density at radius 1 is 1.43 bits per heavy atom. The minimum Gasteiger partial charge on any atom is -0.465 e. The van der Waals surface area contributed by atoms with Gasteiger partial charge in [-0.15, -0.1) is 0 Å². The monoisotopic (exact) mass is 212 g/mol. The van der Waals surface area contributed by atoms with E-state index in [0.29, 0.717) is 10.5 Å². The molecule has 4 heteroatoms. The molecule has 14 heavy (non-hydrogen) atoms. The first kappa shape index (κ1) is 10.9. The van der Waals surface area contributed by atoms with E-state index in [9.17, 15) is 9.00 Å². The van der Waals surface area contributed by atoms with Crippen molar-refractivity contribution < 1.29 is 13.7 Å². The number of rotatable bonds is 2. The van der Waals surface area contributed by atoms with Gasteiger partial charge in [0.2, 0.25) is 0 Å². The number of esters is 1. The van der Waals surface area contributed by atoms with E-state index in [4.69, 9.17) is 0 Å². The van der Waals surface area contributed by atoms with Crippen molar-refractivity contribution in [2.75, 3.05) is 13.4 Å². The van der Waals surface area contributed by atoms with Crippen LogP contribution in [0.5, 0.6) is 0 Å². The second-order valence-electron chi connectivity index (χ2n) is 2.93. The highest BCUT2D eigenvalue weighted by Gasteiger charge is 2.09. The molecular formula is C10H12O3S. The summed E-state index contributed by atoms with van der Waals surface area (Å²) in [4.78, 5) is 11.9. The van der Waals surface area contributed by atoms with Gasteiger partial charge >= 0.3 is 5.97 Å². The zero-order chi connectivity index (χ0) is 10.7. The minimum atomic E-state index is -1.08. The molecule has 0 bridgehead atoms. The molecule has 0 aliphatic heterocycles. The molecule has 3 nitrogen and oxygen atoms in total. The lowest BCUT2D eigenvalue weighted by molar-refractivity contribution is 0.0600. The summed E-state index contributed by atoms with van der Waals surface area (Å²) in [6.45, 7) is 1.86. The van der Waals surface area contributed by atoms with Crippen LogP contribution in [0.3, 0.4) is 0 Å². The zero-order valence-electron chi connectivity index (χ0n) is 8.37. The van der Waals surface area contributed by atoms with Gasteiger partial charge in [0.25, 0.3) is 0 Å². The summed E-state index contributed by atoms with van der Waals surface area (Å²) in [5.41, 5.74) is 1.35. The quantitative estimate of drug-likeness (QED) is 0.698. The van der Waals surface area contributed by atoms with E-state index < -0.39 is 16.8 Å². The van der Waals surface area contributed by atoms with E-state index >= 15 is 0 Å². The largest absolute Gasteiger partial charge is 0.465 e. The maximum Gasteiger partial charge on any atom is 0.337 e. The molecule has 1 aromatic carbocycles. The topological polar surface area (TPSA) is 43.4 Å².